The van der Waals surface area contributed by atoms with Crippen LogP contribution in [0.3, 0.4) is 0 Å². The minimum Gasteiger partial charge on any atom is -0.398 e. The van der Waals surface area contributed by atoms with Gasteiger partial charge in [0.05, 0.1) is 0 Å². The largest absolute Gasteiger partial charge is 0.398 e. The molecule has 0 spiro atoms. The first-order chi connectivity index (χ1) is 9.22. The van der Waals surface area contributed by atoms with Crippen molar-refractivity contribution in [2.75, 3.05) is 5.73 Å². The van der Waals surface area contributed by atoms with Crippen molar-refractivity contribution < 1.29 is 0 Å². The predicted molar refractivity (Wildman–Crippen MR) is 83.9 cm³/mol. The van der Waals surface area contributed by atoms with Crippen molar-refractivity contribution in [2.24, 2.45) is 0 Å². The number of hydrogen-bond acceptors (Lipinski definition) is 2. The average molecular weight is 290 g/mol. The number of nitrogen functional groups attached to an aromatic ring is 1. The molecule has 0 amide bonds. The molecular formula is C16H16ClNS. The van der Waals surface area contributed by atoms with Gasteiger partial charge in [-0.2, -0.15) is 0 Å². The highest BCUT2D eigenvalue weighted by molar-refractivity contribution is 7.98. The molecule has 0 atom stereocenters. The Labute approximate surface area is 123 Å². The summed E-state index contributed by atoms with van der Waals surface area (Å²) in [6.07, 6.45) is 3.76. The first-order valence-electron chi connectivity index (χ1n) is 6.51. The van der Waals surface area contributed by atoms with Gasteiger partial charge in [0.2, 0.25) is 0 Å². The normalized spacial score (nSPS) is 13.5. The lowest BCUT2D eigenvalue weighted by Gasteiger charge is -2.07. The van der Waals surface area contributed by atoms with E-state index in [1.807, 2.05) is 30.0 Å². The molecule has 0 saturated carbocycles. The van der Waals surface area contributed by atoms with E-state index in [2.05, 4.69) is 18.2 Å². The quantitative estimate of drug-likeness (QED) is 0.654. The number of anilines is 1. The van der Waals surface area contributed by atoms with E-state index in [4.69, 9.17) is 17.3 Å². The van der Waals surface area contributed by atoms with Crippen LogP contribution in [0, 0.1) is 0 Å². The van der Waals surface area contributed by atoms with Gasteiger partial charge < -0.3 is 5.73 Å². The highest BCUT2D eigenvalue weighted by Crippen LogP contribution is 2.31. The summed E-state index contributed by atoms with van der Waals surface area (Å²) in [5.41, 5.74) is 10.9. The fourth-order valence-corrected chi connectivity index (χ4v) is 3.66. The lowest BCUT2D eigenvalue weighted by atomic mass is 10.1. The summed E-state index contributed by atoms with van der Waals surface area (Å²) in [4.78, 5) is 1.32. The van der Waals surface area contributed by atoms with Gasteiger partial charge in [0, 0.05) is 21.4 Å². The van der Waals surface area contributed by atoms with E-state index in [9.17, 15) is 0 Å². The molecule has 1 aliphatic carbocycles. The van der Waals surface area contributed by atoms with Crippen LogP contribution >= 0.6 is 23.4 Å². The molecule has 1 aliphatic rings. The molecule has 2 N–H and O–H groups in total. The Hall–Kier alpha value is -1.12. The molecule has 3 rings (SSSR count). The van der Waals surface area contributed by atoms with Crippen LogP contribution in [0.2, 0.25) is 5.02 Å². The number of fused-ring (bicyclic) bond motifs is 1. The number of hydrogen-bond donors (Lipinski definition) is 1. The maximum atomic E-state index is 6.01. The van der Waals surface area contributed by atoms with E-state index >= 15 is 0 Å². The van der Waals surface area contributed by atoms with E-state index in [0.29, 0.717) is 0 Å². The van der Waals surface area contributed by atoms with Crippen molar-refractivity contribution >= 4 is 29.1 Å². The van der Waals surface area contributed by atoms with E-state index in [0.717, 1.165) is 22.0 Å². The number of benzene rings is 2. The Kier molecular flexibility index (Phi) is 3.72. The van der Waals surface area contributed by atoms with Gasteiger partial charge >= 0.3 is 0 Å². The van der Waals surface area contributed by atoms with Crippen molar-refractivity contribution in [3.8, 4) is 0 Å². The molecular weight excluding hydrogens is 274 g/mol. The Balaban J connectivity index is 1.74. The molecule has 0 unspecified atom stereocenters. The van der Waals surface area contributed by atoms with E-state index in [-0.39, 0.29) is 0 Å². The van der Waals surface area contributed by atoms with Crippen molar-refractivity contribution in [1.29, 1.82) is 0 Å². The second-order valence-corrected chi connectivity index (χ2v) is 6.40. The van der Waals surface area contributed by atoms with Crippen LogP contribution in [0.25, 0.3) is 0 Å². The molecule has 0 heterocycles. The lowest BCUT2D eigenvalue weighted by Crippen LogP contribution is -1.92. The van der Waals surface area contributed by atoms with Crippen LogP contribution in [-0.4, -0.2) is 0 Å². The molecule has 0 saturated heterocycles. The number of nitrogens with two attached hydrogens (primary N) is 1. The smallest absolute Gasteiger partial charge is 0.0410 e. The first kappa shape index (κ1) is 12.9. The van der Waals surface area contributed by atoms with E-state index in [1.165, 1.54) is 35.3 Å². The molecule has 0 fully saturated rings. The molecule has 0 aliphatic heterocycles. The third-order valence-electron chi connectivity index (χ3n) is 3.57. The SMILES string of the molecule is Nc1ccc(Cl)cc1CSc1ccc2c(c1)CCC2. The molecule has 2 aromatic rings. The van der Waals surface area contributed by atoms with Crippen LogP contribution in [0.1, 0.15) is 23.1 Å². The fraction of sp³-hybridized carbons (Fsp3) is 0.250. The summed E-state index contributed by atoms with van der Waals surface area (Å²) in [6.45, 7) is 0. The van der Waals surface area contributed by atoms with Gasteiger partial charge in [-0.25, -0.2) is 0 Å². The minimum atomic E-state index is 0.749. The minimum absolute atomic E-state index is 0.749. The summed E-state index contributed by atoms with van der Waals surface area (Å²) in [7, 11) is 0. The number of halogens is 1. The lowest BCUT2D eigenvalue weighted by molar-refractivity contribution is 0.911. The summed E-state index contributed by atoms with van der Waals surface area (Å²) in [5, 5.41) is 0.749. The maximum absolute atomic E-state index is 6.01. The molecule has 98 valence electrons. The van der Waals surface area contributed by atoms with Gasteiger partial charge in [-0.1, -0.05) is 17.7 Å². The number of aryl methyl sites for hydroxylation is 2. The van der Waals surface area contributed by atoms with Gasteiger partial charge in [0.1, 0.15) is 0 Å². The molecule has 1 nitrogen and oxygen atoms in total. The number of thioether (sulfide) groups is 1. The monoisotopic (exact) mass is 289 g/mol. The second-order valence-electron chi connectivity index (χ2n) is 4.92. The predicted octanol–water partition coefficient (Wildman–Crippen LogP) is 4.70. The van der Waals surface area contributed by atoms with Gasteiger partial charge in [-0.05, 0) is 66.3 Å². The summed E-state index contributed by atoms with van der Waals surface area (Å²) >= 11 is 7.83. The van der Waals surface area contributed by atoms with Crippen LogP contribution in [-0.2, 0) is 18.6 Å². The number of rotatable bonds is 3. The van der Waals surface area contributed by atoms with Crippen LogP contribution < -0.4 is 5.73 Å². The zero-order chi connectivity index (χ0) is 13.2. The Bertz CT molecular complexity index is 610. The molecule has 3 heteroatoms. The van der Waals surface area contributed by atoms with Crippen LogP contribution in [0.15, 0.2) is 41.3 Å². The highest BCUT2D eigenvalue weighted by Gasteiger charge is 2.11. The fourth-order valence-electron chi connectivity index (χ4n) is 2.50. The van der Waals surface area contributed by atoms with Crippen LogP contribution in [0.4, 0.5) is 5.69 Å². The third-order valence-corrected chi connectivity index (χ3v) is 4.85. The Morgan fingerprint density at radius 3 is 2.79 bits per heavy atom. The summed E-state index contributed by atoms with van der Waals surface area (Å²) in [6, 6.07) is 12.5. The van der Waals surface area contributed by atoms with Crippen molar-refractivity contribution in [2.45, 2.75) is 29.9 Å². The Morgan fingerprint density at radius 1 is 1.05 bits per heavy atom. The van der Waals surface area contributed by atoms with Gasteiger partial charge in [-0.15, -0.1) is 11.8 Å². The zero-order valence-electron chi connectivity index (χ0n) is 10.7. The van der Waals surface area contributed by atoms with Crippen molar-refractivity contribution in [1.82, 2.24) is 0 Å². The van der Waals surface area contributed by atoms with Gasteiger partial charge in [0.25, 0.3) is 0 Å². The van der Waals surface area contributed by atoms with Crippen molar-refractivity contribution in [3.05, 3.63) is 58.1 Å². The maximum Gasteiger partial charge on any atom is 0.0410 e. The zero-order valence-corrected chi connectivity index (χ0v) is 12.2. The molecule has 19 heavy (non-hydrogen) atoms. The van der Waals surface area contributed by atoms with Gasteiger partial charge in [-0.3, -0.25) is 0 Å². The standard InChI is InChI=1S/C16H16ClNS/c17-14-5-7-16(18)13(8-14)10-19-15-6-4-11-2-1-3-12(11)9-15/h4-9H,1-3,10,18H2. The topological polar surface area (TPSA) is 26.0 Å². The molecule has 2 aromatic carbocycles. The Morgan fingerprint density at radius 2 is 1.89 bits per heavy atom. The van der Waals surface area contributed by atoms with Crippen molar-refractivity contribution in [3.63, 3.8) is 0 Å². The summed E-state index contributed by atoms with van der Waals surface area (Å²) in [5.74, 6) is 0.866. The highest BCUT2D eigenvalue weighted by atomic mass is 35.5. The second kappa shape index (κ2) is 5.48. The summed E-state index contributed by atoms with van der Waals surface area (Å²) < 4.78 is 0. The van der Waals surface area contributed by atoms with E-state index < -0.39 is 0 Å². The third kappa shape index (κ3) is 2.90. The molecule has 0 radical (unpaired) electrons. The molecule has 0 bridgehead atoms. The first-order valence-corrected chi connectivity index (χ1v) is 7.87. The molecule has 0 aromatic heterocycles. The van der Waals surface area contributed by atoms with Crippen LogP contribution in [0.5, 0.6) is 0 Å². The van der Waals surface area contributed by atoms with Gasteiger partial charge in [0.15, 0.2) is 0 Å². The van der Waals surface area contributed by atoms with E-state index in [1.54, 1.807) is 0 Å². The average Bonchev–Trinajstić information content (AvgIpc) is 2.87.